The van der Waals surface area contributed by atoms with E-state index in [1.165, 1.54) is 0 Å². The van der Waals surface area contributed by atoms with Crippen molar-refractivity contribution in [3.63, 3.8) is 0 Å². The number of nitrogens with one attached hydrogen (secondary N) is 3. The number of rotatable bonds is 6. The third-order valence-corrected chi connectivity index (χ3v) is 3.91. The molecule has 5 nitrogen and oxygen atoms in total. The summed E-state index contributed by atoms with van der Waals surface area (Å²) in [6.07, 6.45) is 2.72. The van der Waals surface area contributed by atoms with E-state index in [0.717, 1.165) is 23.9 Å². The lowest BCUT2D eigenvalue weighted by Gasteiger charge is -2.11. The fourth-order valence-corrected chi connectivity index (χ4v) is 2.74. The Morgan fingerprint density at radius 1 is 1.27 bits per heavy atom. The summed E-state index contributed by atoms with van der Waals surface area (Å²) < 4.78 is 0.868. The molecule has 1 unspecified atom stereocenters. The van der Waals surface area contributed by atoms with E-state index in [9.17, 15) is 9.59 Å². The largest absolute Gasteiger partial charge is 0.354 e. The van der Waals surface area contributed by atoms with E-state index < -0.39 is 0 Å². The van der Waals surface area contributed by atoms with E-state index >= 15 is 0 Å². The first-order chi connectivity index (χ1) is 10.1. The summed E-state index contributed by atoms with van der Waals surface area (Å²) in [4.78, 5) is 23.6. The molecule has 7 heteroatoms. The lowest BCUT2D eigenvalue weighted by Crippen LogP contribution is -2.37. The van der Waals surface area contributed by atoms with Crippen LogP contribution < -0.4 is 16.0 Å². The normalized spacial score (nSPS) is 16.7. The van der Waals surface area contributed by atoms with Crippen LogP contribution in [0.5, 0.6) is 0 Å². The Kier molecular flexibility index (Phi) is 8.45. The van der Waals surface area contributed by atoms with E-state index in [1.54, 1.807) is 12.1 Å². The summed E-state index contributed by atoms with van der Waals surface area (Å²) in [6, 6.07) is 7.51. The maximum Gasteiger partial charge on any atom is 0.251 e. The molecule has 2 amide bonds. The molecule has 1 aromatic rings. The quantitative estimate of drug-likeness (QED) is 0.649. The molecule has 122 valence electrons. The number of hydrogen-bond acceptors (Lipinski definition) is 3. The summed E-state index contributed by atoms with van der Waals surface area (Å²) in [7, 11) is 0. The summed E-state index contributed by atoms with van der Waals surface area (Å²) in [6.45, 7) is 1.88. The van der Waals surface area contributed by atoms with Gasteiger partial charge in [-0.05, 0) is 37.6 Å². The zero-order valence-electron chi connectivity index (χ0n) is 12.2. The molecule has 3 N–H and O–H groups in total. The maximum absolute atomic E-state index is 11.9. The molecular formula is C15H21BrClN3O2. The Labute approximate surface area is 145 Å². The Morgan fingerprint density at radius 2 is 2.05 bits per heavy atom. The molecular weight excluding hydrogens is 370 g/mol. The number of benzene rings is 1. The minimum absolute atomic E-state index is 0. The molecule has 22 heavy (non-hydrogen) atoms. The van der Waals surface area contributed by atoms with Crippen molar-refractivity contribution in [2.45, 2.75) is 25.3 Å². The molecule has 1 heterocycles. The third-order valence-electron chi connectivity index (χ3n) is 3.41. The van der Waals surface area contributed by atoms with Crippen LogP contribution in [-0.4, -0.2) is 37.5 Å². The zero-order chi connectivity index (χ0) is 15.1. The monoisotopic (exact) mass is 389 g/mol. The van der Waals surface area contributed by atoms with Gasteiger partial charge in [0.25, 0.3) is 5.91 Å². The van der Waals surface area contributed by atoms with Crippen molar-refractivity contribution in [1.82, 2.24) is 16.0 Å². The molecule has 0 aliphatic carbocycles. The molecule has 2 rings (SSSR count). The first-order valence-corrected chi connectivity index (χ1v) is 7.98. The van der Waals surface area contributed by atoms with Crippen LogP contribution >= 0.6 is 28.3 Å². The maximum atomic E-state index is 11.9. The summed E-state index contributed by atoms with van der Waals surface area (Å²) in [5, 5.41) is 8.90. The molecule has 0 radical (unpaired) electrons. The molecule has 1 atom stereocenters. The predicted octanol–water partition coefficient (Wildman–Crippen LogP) is 1.86. The van der Waals surface area contributed by atoms with Crippen LogP contribution in [0.1, 0.15) is 29.6 Å². The molecule has 1 aliphatic heterocycles. The van der Waals surface area contributed by atoms with Crippen LogP contribution in [0.15, 0.2) is 28.7 Å². The predicted molar refractivity (Wildman–Crippen MR) is 92.4 cm³/mol. The summed E-state index contributed by atoms with van der Waals surface area (Å²) in [5.74, 6) is -0.103. The van der Waals surface area contributed by atoms with Crippen LogP contribution in [0.25, 0.3) is 0 Å². The van der Waals surface area contributed by atoms with Gasteiger partial charge in [0.2, 0.25) is 5.91 Å². The second-order valence-electron chi connectivity index (χ2n) is 5.11. The van der Waals surface area contributed by atoms with Gasteiger partial charge in [-0.25, -0.2) is 0 Å². The van der Waals surface area contributed by atoms with Crippen LogP contribution in [0.2, 0.25) is 0 Å². The standard InChI is InChI=1S/C15H20BrN3O2.ClH/c16-12-4-1-3-11(9-12)15(21)19-8-7-18-14(20)10-13-5-2-6-17-13;/h1,3-4,9,13,17H,2,5-8,10H2,(H,18,20)(H,19,21);1H. The highest BCUT2D eigenvalue weighted by Gasteiger charge is 2.17. The first kappa shape index (κ1) is 18.9. The van der Waals surface area contributed by atoms with Gasteiger partial charge < -0.3 is 16.0 Å². The van der Waals surface area contributed by atoms with Gasteiger partial charge in [0.05, 0.1) is 0 Å². The van der Waals surface area contributed by atoms with Crippen molar-refractivity contribution in [3.8, 4) is 0 Å². The SMILES string of the molecule is Cl.O=C(CC1CCCN1)NCCNC(=O)c1cccc(Br)c1. The van der Waals surface area contributed by atoms with E-state index in [2.05, 4.69) is 31.9 Å². The lowest BCUT2D eigenvalue weighted by atomic mass is 10.1. The van der Waals surface area contributed by atoms with Crippen molar-refractivity contribution >= 4 is 40.2 Å². The molecule has 0 bridgehead atoms. The fourth-order valence-electron chi connectivity index (χ4n) is 2.34. The molecule has 0 saturated carbocycles. The molecule has 0 spiro atoms. The molecule has 1 aromatic carbocycles. The first-order valence-electron chi connectivity index (χ1n) is 7.19. The van der Waals surface area contributed by atoms with Gasteiger partial charge >= 0.3 is 0 Å². The highest BCUT2D eigenvalue weighted by atomic mass is 79.9. The van der Waals surface area contributed by atoms with Gasteiger partial charge in [-0.1, -0.05) is 22.0 Å². The van der Waals surface area contributed by atoms with Crippen molar-refractivity contribution in [3.05, 3.63) is 34.3 Å². The lowest BCUT2D eigenvalue weighted by molar-refractivity contribution is -0.121. The second-order valence-corrected chi connectivity index (χ2v) is 6.03. The van der Waals surface area contributed by atoms with Gasteiger partial charge in [0.15, 0.2) is 0 Å². The number of carbonyl (C=O) groups excluding carboxylic acids is 2. The average molecular weight is 391 g/mol. The molecule has 1 saturated heterocycles. The smallest absolute Gasteiger partial charge is 0.251 e. The fraction of sp³-hybridized carbons (Fsp3) is 0.467. The van der Waals surface area contributed by atoms with Gasteiger partial charge in [-0.15, -0.1) is 12.4 Å². The van der Waals surface area contributed by atoms with Gasteiger partial charge in [-0.3, -0.25) is 9.59 Å². The second kappa shape index (κ2) is 9.82. The van der Waals surface area contributed by atoms with Crippen molar-refractivity contribution in [2.75, 3.05) is 19.6 Å². The topological polar surface area (TPSA) is 70.2 Å². The van der Waals surface area contributed by atoms with Gasteiger partial charge in [0, 0.05) is 35.6 Å². The summed E-state index contributed by atoms with van der Waals surface area (Å²) >= 11 is 3.33. The highest BCUT2D eigenvalue weighted by molar-refractivity contribution is 9.10. The molecule has 0 aromatic heterocycles. The Morgan fingerprint density at radius 3 is 2.73 bits per heavy atom. The van der Waals surface area contributed by atoms with Gasteiger partial charge in [-0.2, -0.15) is 0 Å². The van der Waals surface area contributed by atoms with Crippen LogP contribution in [0, 0.1) is 0 Å². The van der Waals surface area contributed by atoms with Crippen LogP contribution in [0.3, 0.4) is 0 Å². The van der Waals surface area contributed by atoms with Crippen molar-refractivity contribution in [1.29, 1.82) is 0 Å². The van der Waals surface area contributed by atoms with Crippen molar-refractivity contribution in [2.24, 2.45) is 0 Å². The Bertz CT molecular complexity index is 507. The molecule has 1 fully saturated rings. The average Bonchev–Trinajstić information content (AvgIpc) is 2.96. The van der Waals surface area contributed by atoms with E-state index in [4.69, 9.17) is 0 Å². The summed E-state index contributed by atoms with van der Waals surface area (Å²) in [5.41, 5.74) is 0.603. The number of halogens is 2. The number of hydrogen-bond donors (Lipinski definition) is 3. The Balaban J connectivity index is 0.00000242. The van der Waals surface area contributed by atoms with Crippen LogP contribution in [0.4, 0.5) is 0 Å². The minimum Gasteiger partial charge on any atom is -0.354 e. The van der Waals surface area contributed by atoms with Crippen LogP contribution in [-0.2, 0) is 4.79 Å². The van der Waals surface area contributed by atoms with E-state index in [-0.39, 0.29) is 24.2 Å². The highest BCUT2D eigenvalue weighted by Crippen LogP contribution is 2.11. The third kappa shape index (κ3) is 6.34. The number of amides is 2. The zero-order valence-corrected chi connectivity index (χ0v) is 14.6. The van der Waals surface area contributed by atoms with E-state index in [0.29, 0.717) is 31.1 Å². The number of carbonyl (C=O) groups is 2. The van der Waals surface area contributed by atoms with Gasteiger partial charge in [0.1, 0.15) is 0 Å². The molecule has 1 aliphatic rings. The van der Waals surface area contributed by atoms with Crippen molar-refractivity contribution < 1.29 is 9.59 Å². The van der Waals surface area contributed by atoms with E-state index in [1.807, 2.05) is 12.1 Å². The minimum atomic E-state index is -0.136. The Hall–Kier alpha value is -1.11.